The fourth-order valence-corrected chi connectivity index (χ4v) is 2.49. The van der Waals surface area contributed by atoms with Gasteiger partial charge in [-0.2, -0.15) is 0 Å². The van der Waals surface area contributed by atoms with E-state index >= 15 is 0 Å². The number of aliphatic imine (C=N–C) groups is 1. The normalized spacial score (nSPS) is 19.7. The molecule has 0 fully saturated rings. The Kier molecular flexibility index (Phi) is 5.09. The lowest BCUT2D eigenvalue weighted by molar-refractivity contribution is -0.0187. The molecule has 2 rings (SSSR count). The largest absolute Gasteiger partial charge is 0.309 e. The maximum Gasteiger partial charge on any atom is 0.274 e. The van der Waals surface area contributed by atoms with E-state index in [2.05, 4.69) is 11.9 Å². The molecule has 0 saturated heterocycles. The third-order valence-corrected chi connectivity index (χ3v) is 3.96. The van der Waals surface area contributed by atoms with Crippen molar-refractivity contribution in [1.82, 2.24) is 4.90 Å². The van der Waals surface area contributed by atoms with E-state index in [1.165, 1.54) is 6.07 Å². The highest BCUT2D eigenvalue weighted by Gasteiger charge is 2.31. The van der Waals surface area contributed by atoms with Gasteiger partial charge in [0.2, 0.25) is 0 Å². The van der Waals surface area contributed by atoms with Gasteiger partial charge in [-0.05, 0) is 44.5 Å². The van der Waals surface area contributed by atoms with Crippen molar-refractivity contribution in [1.29, 1.82) is 0 Å². The summed E-state index contributed by atoms with van der Waals surface area (Å²) in [6, 6.07) is 6.74. The van der Waals surface area contributed by atoms with E-state index in [-0.39, 0.29) is 12.0 Å². The van der Waals surface area contributed by atoms with Crippen LogP contribution in [0.3, 0.4) is 0 Å². The Morgan fingerprint density at radius 1 is 1.33 bits per heavy atom. The van der Waals surface area contributed by atoms with Crippen LogP contribution in [-0.2, 0) is 5.92 Å². The second-order valence-corrected chi connectivity index (χ2v) is 6.27. The van der Waals surface area contributed by atoms with E-state index in [9.17, 15) is 8.78 Å². The topological polar surface area (TPSA) is 15.6 Å². The first kappa shape index (κ1) is 16.1. The molecule has 0 radical (unpaired) electrons. The van der Waals surface area contributed by atoms with Gasteiger partial charge >= 0.3 is 0 Å². The summed E-state index contributed by atoms with van der Waals surface area (Å²) in [5.74, 6) is -2.19. The van der Waals surface area contributed by atoms with E-state index in [0.717, 1.165) is 30.7 Å². The zero-order valence-electron chi connectivity index (χ0n) is 13.1. The fraction of sp³-hybridized carbons (Fsp3) is 0.588. The second-order valence-electron chi connectivity index (χ2n) is 6.27. The van der Waals surface area contributed by atoms with Gasteiger partial charge in [0.15, 0.2) is 0 Å². The molecule has 0 spiro atoms. The lowest BCUT2D eigenvalue weighted by Crippen LogP contribution is -2.23. The summed E-state index contributed by atoms with van der Waals surface area (Å²) < 4.78 is 28.5. The minimum absolute atomic E-state index is 0.100. The maximum absolute atomic E-state index is 14.3. The Morgan fingerprint density at radius 2 is 2.10 bits per heavy atom. The number of nitrogens with zero attached hydrogens (tertiary/aromatic N) is 2. The fourth-order valence-electron chi connectivity index (χ4n) is 2.49. The summed E-state index contributed by atoms with van der Waals surface area (Å²) >= 11 is 0. The van der Waals surface area contributed by atoms with Crippen LogP contribution in [-0.4, -0.2) is 37.8 Å². The Hall–Kier alpha value is -1.29. The van der Waals surface area contributed by atoms with Gasteiger partial charge < -0.3 is 4.90 Å². The standard InChI is InChI=1S/C17H24F2N2/c1-13-7-8-16(20-12-13)14-5-4-6-15(11-14)17(18,19)9-10-21(2)3/h4-6,11,13H,7-10,12H2,1-3H3/t13-/m0/s1. The van der Waals surface area contributed by atoms with Crippen molar-refractivity contribution < 1.29 is 8.78 Å². The Balaban J connectivity index is 2.17. The molecular weight excluding hydrogens is 270 g/mol. The van der Waals surface area contributed by atoms with Crippen molar-refractivity contribution in [2.24, 2.45) is 10.9 Å². The van der Waals surface area contributed by atoms with Crippen LogP contribution in [0.5, 0.6) is 0 Å². The Morgan fingerprint density at radius 3 is 2.71 bits per heavy atom. The minimum atomic E-state index is -2.79. The Labute approximate surface area is 125 Å². The molecule has 2 nitrogen and oxygen atoms in total. The predicted molar refractivity (Wildman–Crippen MR) is 83.3 cm³/mol. The molecule has 0 aliphatic carbocycles. The first-order chi connectivity index (χ1) is 9.88. The van der Waals surface area contributed by atoms with Gasteiger partial charge in [0.25, 0.3) is 5.92 Å². The van der Waals surface area contributed by atoms with Gasteiger partial charge in [-0.1, -0.05) is 25.1 Å². The molecule has 0 aromatic heterocycles. The highest BCUT2D eigenvalue weighted by Crippen LogP contribution is 2.32. The molecule has 1 aliphatic rings. The number of hydrogen-bond donors (Lipinski definition) is 0. The zero-order valence-corrected chi connectivity index (χ0v) is 13.1. The van der Waals surface area contributed by atoms with E-state index < -0.39 is 5.92 Å². The monoisotopic (exact) mass is 294 g/mol. The lowest BCUT2D eigenvalue weighted by atomic mass is 9.94. The molecule has 1 aromatic carbocycles. The van der Waals surface area contributed by atoms with Crippen molar-refractivity contribution in [3.05, 3.63) is 35.4 Å². The summed E-state index contributed by atoms with van der Waals surface area (Å²) in [6.07, 6.45) is 1.81. The molecular formula is C17H24F2N2. The summed E-state index contributed by atoms with van der Waals surface area (Å²) in [4.78, 5) is 6.32. The van der Waals surface area contributed by atoms with Crippen LogP contribution in [0, 0.1) is 5.92 Å². The quantitative estimate of drug-likeness (QED) is 0.803. The van der Waals surface area contributed by atoms with Crippen molar-refractivity contribution in [3.8, 4) is 0 Å². The number of rotatable bonds is 5. The first-order valence-corrected chi connectivity index (χ1v) is 7.55. The van der Waals surface area contributed by atoms with Gasteiger partial charge in [-0.25, -0.2) is 8.78 Å². The second kappa shape index (κ2) is 6.65. The molecule has 4 heteroatoms. The molecule has 1 aromatic rings. The average Bonchev–Trinajstić information content (AvgIpc) is 2.46. The van der Waals surface area contributed by atoms with E-state index in [0.29, 0.717) is 12.5 Å². The summed E-state index contributed by atoms with van der Waals surface area (Å²) in [5.41, 5.74) is 1.92. The van der Waals surface area contributed by atoms with Crippen LogP contribution in [0.1, 0.15) is 37.3 Å². The SMILES string of the molecule is C[C@H]1CCC(c2cccc(C(F)(F)CCN(C)C)c2)=NC1. The van der Waals surface area contributed by atoms with Crippen LogP contribution < -0.4 is 0 Å². The van der Waals surface area contributed by atoms with E-state index in [1.54, 1.807) is 17.0 Å². The Bertz CT molecular complexity index is 509. The summed E-state index contributed by atoms with van der Waals surface area (Å²) in [6.45, 7) is 3.35. The van der Waals surface area contributed by atoms with E-state index in [1.807, 2.05) is 20.2 Å². The first-order valence-electron chi connectivity index (χ1n) is 7.55. The van der Waals surface area contributed by atoms with Crippen LogP contribution in [0.2, 0.25) is 0 Å². The molecule has 0 unspecified atom stereocenters. The smallest absolute Gasteiger partial charge is 0.274 e. The molecule has 21 heavy (non-hydrogen) atoms. The third-order valence-electron chi connectivity index (χ3n) is 3.96. The van der Waals surface area contributed by atoms with Gasteiger partial charge in [0.05, 0.1) is 0 Å². The van der Waals surface area contributed by atoms with Gasteiger partial charge in [0.1, 0.15) is 0 Å². The van der Waals surface area contributed by atoms with Crippen LogP contribution in [0.15, 0.2) is 29.3 Å². The number of benzene rings is 1. The molecule has 1 atom stereocenters. The zero-order chi connectivity index (χ0) is 15.5. The van der Waals surface area contributed by atoms with Crippen LogP contribution in [0.4, 0.5) is 8.78 Å². The molecule has 1 aliphatic heterocycles. The van der Waals surface area contributed by atoms with E-state index in [4.69, 9.17) is 0 Å². The van der Waals surface area contributed by atoms with Gasteiger partial charge in [-0.3, -0.25) is 4.99 Å². The number of halogens is 2. The highest BCUT2D eigenvalue weighted by molar-refractivity contribution is 6.01. The van der Waals surface area contributed by atoms with Crippen molar-refractivity contribution in [2.75, 3.05) is 27.2 Å². The van der Waals surface area contributed by atoms with Gasteiger partial charge in [-0.15, -0.1) is 0 Å². The molecule has 0 saturated carbocycles. The average molecular weight is 294 g/mol. The molecule has 1 heterocycles. The van der Waals surface area contributed by atoms with Crippen LogP contribution in [0.25, 0.3) is 0 Å². The van der Waals surface area contributed by atoms with Crippen molar-refractivity contribution in [3.63, 3.8) is 0 Å². The van der Waals surface area contributed by atoms with Gasteiger partial charge in [0, 0.05) is 30.8 Å². The van der Waals surface area contributed by atoms with Crippen molar-refractivity contribution in [2.45, 2.75) is 32.1 Å². The van der Waals surface area contributed by atoms with Crippen LogP contribution >= 0.6 is 0 Å². The minimum Gasteiger partial charge on any atom is -0.309 e. The number of hydrogen-bond acceptors (Lipinski definition) is 2. The predicted octanol–water partition coefficient (Wildman–Crippen LogP) is 3.95. The summed E-state index contributed by atoms with van der Waals surface area (Å²) in [7, 11) is 3.62. The molecule has 0 N–H and O–H groups in total. The molecule has 0 amide bonds. The summed E-state index contributed by atoms with van der Waals surface area (Å²) in [5, 5.41) is 0. The highest BCUT2D eigenvalue weighted by atomic mass is 19.3. The van der Waals surface area contributed by atoms with Crippen molar-refractivity contribution >= 4 is 5.71 Å². The molecule has 116 valence electrons. The maximum atomic E-state index is 14.3. The number of alkyl halides is 2. The lowest BCUT2D eigenvalue weighted by Gasteiger charge is -2.21. The molecule has 0 bridgehead atoms. The third kappa shape index (κ3) is 4.34.